The SMILES string of the molecule is CN1CCOC(CNc2ccc(F)cn2)C1. The third-order valence-electron chi connectivity index (χ3n) is 2.58. The van der Waals surface area contributed by atoms with Gasteiger partial charge in [0.1, 0.15) is 11.6 Å². The lowest BCUT2D eigenvalue weighted by Crippen LogP contribution is -2.43. The molecule has 0 bridgehead atoms. The van der Waals surface area contributed by atoms with Crippen LogP contribution in [0.3, 0.4) is 0 Å². The van der Waals surface area contributed by atoms with Crippen molar-refractivity contribution in [1.29, 1.82) is 0 Å². The highest BCUT2D eigenvalue weighted by molar-refractivity contribution is 5.33. The molecular weight excluding hydrogens is 209 g/mol. The summed E-state index contributed by atoms with van der Waals surface area (Å²) >= 11 is 0. The molecule has 16 heavy (non-hydrogen) atoms. The summed E-state index contributed by atoms with van der Waals surface area (Å²) in [6, 6.07) is 3.02. The van der Waals surface area contributed by atoms with Crippen LogP contribution in [0, 0.1) is 5.82 Å². The summed E-state index contributed by atoms with van der Waals surface area (Å²) in [5.74, 6) is 0.359. The second-order valence-electron chi connectivity index (χ2n) is 4.00. The average molecular weight is 225 g/mol. The van der Waals surface area contributed by atoms with Crippen LogP contribution in [-0.4, -0.2) is 49.3 Å². The maximum Gasteiger partial charge on any atom is 0.141 e. The Morgan fingerprint density at radius 2 is 2.50 bits per heavy atom. The molecule has 1 aromatic rings. The van der Waals surface area contributed by atoms with Gasteiger partial charge in [0.05, 0.1) is 18.9 Å². The lowest BCUT2D eigenvalue weighted by Gasteiger charge is -2.30. The van der Waals surface area contributed by atoms with Crippen molar-refractivity contribution in [3.05, 3.63) is 24.1 Å². The zero-order chi connectivity index (χ0) is 11.4. The normalized spacial score (nSPS) is 22.0. The molecule has 0 amide bonds. The van der Waals surface area contributed by atoms with Crippen molar-refractivity contribution in [2.24, 2.45) is 0 Å². The van der Waals surface area contributed by atoms with Gasteiger partial charge in [0.15, 0.2) is 0 Å². The molecule has 1 atom stereocenters. The summed E-state index contributed by atoms with van der Waals surface area (Å²) in [6.45, 7) is 3.35. The van der Waals surface area contributed by atoms with E-state index in [-0.39, 0.29) is 11.9 Å². The van der Waals surface area contributed by atoms with Gasteiger partial charge >= 0.3 is 0 Å². The molecule has 5 heteroatoms. The quantitative estimate of drug-likeness (QED) is 0.831. The van der Waals surface area contributed by atoms with E-state index in [0.717, 1.165) is 19.7 Å². The Morgan fingerprint density at radius 1 is 1.62 bits per heavy atom. The Hall–Kier alpha value is -1.20. The van der Waals surface area contributed by atoms with Gasteiger partial charge in [-0.3, -0.25) is 0 Å². The third kappa shape index (κ3) is 3.15. The fourth-order valence-electron chi connectivity index (χ4n) is 1.69. The van der Waals surface area contributed by atoms with Crippen molar-refractivity contribution in [2.75, 3.05) is 38.6 Å². The monoisotopic (exact) mass is 225 g/mol. The van der Waals surface area contributed by atoms with Gasteiger partial charge in [-0.15, -0.1) is 0 Å². The van der Waals surface area contributed by atoms with E-state index in [1.807, 2.05) is 0 Å². The minimum Gasteiger partial charge on any atom is -0.374 e. The van der Waals surface area contributed by atoms with Crippen molar-refractivity contribution in [3.63, 3.8) is 0 Å². The third-order valence-corrected chi connectivity index (χ3v) is 2.58. The van der Waals surface area contributed by atoms with Crippen LogP contribution in [-0.2, 0) is 4.74 Å². The largest absolute Gasteiger partial charge is 0.374 e. The second-order valence-corrected chi connectivity index (χ2v) is 4.00. The molecule has 1 N–H and O–H groups in total. The molecule has 1 aliphatic rings. The van der Waals surface area contributed by atoms with Gasteiger partial charge in [-0.1, -0.05) is 0 Å². The standard InChI is InChI=1S/C11H16FN3O/c1-15-4-5-16-10(8-15)7-14-11-3-2-9(12)6-13-11/h2-3,6,10H,4-5,7-8H2,1H3,(H,13,14). The van der Waals surface area contributed by atoms with Crippen molar-refractivity contribution in [1.82, 2.24) is 9.88 Å². The molecular formula is C11H16FN3O. The van der Waals surface area contributed by atoms with Crippen LogP contribution in [0.1, 0.15) is 0 Å². The van der Waals surface area contributed by atoms with Gasteiger partial charge in [0.25, 0.3) is 0 Å². The molecule has 4 nitrogen and oxygen atoms in total. The molecule has 0 aliphatic carbocycles. The van der Waals surface area contributed by atoms with Crippen molar-refractivity contribution < 1.29 is 9.13 Å². The summed E-state index contributed by atoms with van der Waals surface area (Å²) in [5, 5.41) is 3.13. The Labute approximate surface area is 94.4 Å². The minimum atomic E-state index is -0.320. The Morgan fingerprint density at radius 3 is 3.19 bits per heavy atom. The van der Waals surface area contributed by atoms with E-state index in [0.29, 0.717) is 12.4 Å². The van der Waals surface area contributed by atoms with Crippen LogP contribution in [0.5, 0.6) is 0 Å². The number of morpholine rings is 1. The first-order chi connectivity index (χ1) is 7.74. The maximum absolute atomic E-state index is 12.6. The van der Waals surface area contributed by atoms with Gasteiger partial charge in [0.2, 0.25) is 0 Å². The summed E-state index contributed by atoms with van der Waals surface area (Å²) in [4.78, 5) is 6.16. The lowest BCUT2D eigenvalue weighted by atomic mass is 10.3. The van der Waals surface area contributed by atoms with Gasteiger partial charge in [-0.05, 0) is 19.2 Å². The van der Waals surface area contributed by atoms with Crippen LogP contribution in [0.15, 0.2) is 18.3 Å². The van der Waals surface area contributed by atoms with Crippen molar-refractivity contribution in [2.45, 2.75) is 6.10 Å². The van der Waals surface area contributed by atoms with Crippen molar-refractivity contribution >= 4 is 5.82 Å². The number of nitrogens with one attached hydrogen (secondary N) is 1. The number of hydrogen-bond donors (Lipinski definition) is 1. The summed E-state index contributed by atoms with van der Waals surface area (Å²) in [5.41, 5.74) is 0. The molecule has 88 valence electrons. The molecule has 1 fully saturated rings. The second kappa shape index (κ2) is 5.23. The summed E-state index contributed by atoms with van der Waals surface area (Å²) in [7, 11) is 2.08. The Kier molecular flexibility index (Phi) is 3.69. The molecule has 0 aromatic carbocycles. The lowest BCUT2D eigenvalue weighted by molar-refractivity contribution is -0.0117. The van der Waals surface area contributed by atoms with E-state index in [4.69, 9.17) is 4.74 Å². The van der Waals surface area contributed by atoms with E-state index < -0.39 is 0 Å². The highest BCUT2D eigenvalue weighted by Gasteiger charge is 2.17. The van der Waals surface area contributed by atoms with Crippen LogP contribution < -0.4 is 5.32 Å². The smallest absolute Gasteiger partial charge is 0.141 e. The highest BCUT2D eigenvalue weighted by atomic mass is 19.1. The van der Waals surface area contributed by atoms with Crippen LogP contribution >= 0.6 is 0 Å². The number of hydrogen-bond acceptors (Lipinski definition) is 4. The molecule has 1 saturated heterocycles. The van der Waals surface area contributed by atoms with Gasteiger partial charge in [0, 0.05) is 19.6 Å². The number of ether oxygens (including phenoxy) is 1. The Bertz CT molecular complexity index is 331. The topological polar surface area (TPSA) is 37.4 Å². The molecule has 2 heterocycles. The van der Waals surface area contributed by atoms with E-state index in [1.165, 1.54) is 12.3 Å². The Balaban J connectivity index is 1.80. The van der Waals surface area contributed by atoms with Crippen LogP contribution in [0.25, 0.3) is 0 Å². The zero-order valence-corrected chi connectivity index (χ0v) is 9.32. The molecule has 1 aromatic heterocycles. The first-order valence-corrected chi connectivity index (χ1v) is 5.39. The summed E-state index contributed by atoms with van der Waals surface area (Å²) < 4.78 is 18.2. The number of likely N-dealkylation sites (N-methyl/N-ethyl adjacent to an activating group) is 1. The van der Waals surface area contributed by atoms with Crippen molar-refractivity contribution in [3.8, 4) is 0 Å². The van der Waals surface area contributed by atoms with Crippen LogP contribution in [0.4, 0.5) is 10.2 Å². The molecule has 0 spiro atoms. The number of rotatable bonds is 3. The fourth-order valence-corrected chi connectivity index (χ4v) is 1.69. The molecule has 1 aliphatic heterocycles. The van der Waals surface area contributed by atoms with E-state index in [1.54, 1.807) is 6.07 Å². The number of aromatic nitrogens is 1. The zero-order valence-electron chi connectivity index (χ0n) is 9.32. The average Bonchev–Trinajstić information content (AvgIpc) is 2.28. The van der Waals surface area contributed by atoms with Gasteiger partial charge < -0.3 is 15.0 Å². The summed E-state index contributed by atoms with van der Waals surface area (Å²) in [6.07, 6.45) is 1.38. The number of halogens is 1. The number of anilines is 1. The molecule has 0 saturated carbocycles. The van der Waals surface area contributed by atoms with Gasteiger partial charge in [-0.2, -0.15) is 0 Å². The molecule has 1 unspecified atom stereocenters. The van der Waals surface area contributed by atoms with E-state index >= 15 is 0 Å². The first kappa shape index (κ1) is 11.3. The van der Waals surface area contributed by atoms with E-state index in [9.17, 15) is 4.39 Å². The maximum atomic E-state index is 12.6. The first-order valence-electron chi connectivity index (χ1n) is 5.39. The number of pyridine rings is 1. The predicted molar refractivity (Wildman–Crippen MR) is 59.9 cm³/mol. The molecule has 0 radical (unpaired) electrons. The van der Waals surface area contributed by atoms with Gasteiger partial charge in [-0.25, -0.2) is 9.37 Å². The van der Waals surface area contributed by atoms with Crippen LogP contribution in [0.2, 0.25) is 0 Å². The minimum absolute atomic E-state index is 0.172. The predicted octanol–water partition coefficient (Wildman–Crippen LogP) is 0.963. The molecule has 2 rings (SSSR count). The van der Waals surface area contributed by atoms with E-state index in [2.05, 4.69) is 22.2 Å². The number of nitrogens with zero attached hydrogens (tertiary/aromatic N) is 2. The highest BCUT2D eigenvalue weighted by Crippen LogP contribution is 2.06. The fraction of sp³-hybridized carbons (Fsp3) is 0.545.